The van der Waals surface area contributed by atoms with Crippen molar-refractivity contribution >= 4 is 45.1 Å². The third kappa shape index (κ3) is 5.55. The largest absolute Gasteiger partial charge is 0.355 e. The van der Waals surface area contributed by atoms with Crippen LogP contribution in [0.4, 0.5) is 0 Å². The van der Waals surface area contributed by atoms with Gasteiger partial charge in [-0.05, 0) is 36.2 Å². The quantitative estimate of drug-likeness (QED) is 0.565. The number of thioether (sulfide) groups is 1. The maximum atomic E-state index is 12.1. The molecule has 3 aromatic rings. The van der Waals surface area contributed by atoms with Crippen LogP contribution < -0.4 is 10.6 Å². The van der Waals surface area contributed by atoms with Gasteiger partial charge >= 0.3 is 0 Å². The second kappa shape index (κ2) is 9.53. The van der Waals surface area contributed by atoms with E-state index < -0.39 is 0 Å². The lowest BCUT2D eigenvalue weighted by Crippen LogP contribution is -2.37. The number of nitrogens with one attached hydrogen (secondary N) is 2. The monoisotopic (exact) mass is 399 g/mol. The highest BCUT2D eigenvalue weighted by molar-refractivity contribution is 8.00. The number of thiazole rings is 1. The Morgan fingerprint density at radius 1 is 1.07 bits per heavy atom. The summed E-state index contributed by atoms with van der Waals surface area (Å²) in [5.74, 6) is 0.377. The molecule has 0 radical (unpaired) electrons. The molecule has 0 aliphatic carbocycles. The van der Waals surface area contributed by atoms with Crippen molar-refractivity contribution in [2.45, 2.75) is 23.4 Å². The lowest BCUT2D eigenvalue weighted by atomic mass is 10.1. The van der Waals surface area contributed by atoms with Gasteiger partial charge in [0.15, 0.2) is 4.34 Å². The summed E-state index contributed by atoms with van der Waals surface area (Å²) in [6.45, 7) is 2.60. The summed E-state index contributed by atoms with van der Waals surface area (Å²) in [5, 5.41) is 5.36. The molecular formula is C20H21N3O2S2. The Bertz CT molecular complexity index is 889. The highest BCUT2D eigenvalue weighted by Gasteiger charge is 2.08. The number of fused-ring (bicyclic) bond motifs is 1. The van der Waals surface area contributed by atoms with Gasteiger partial charge in [0, 0.05) is 17.9 Å². The summed E-state index contributed by atoms with van der Waals surface area (Å²) in [7, 11) is 0. The average Bonchev–Trinajstić information content (AvgIpc) is 3.12. The highest BCUT2D eigenvalue weighted by atomic mass is 32.2. The molecule has 140 valence electrons. The molecule has 1 aromatic heterocycles. The minimum absolute atomic E-state index is 0.00591. The molecule has 5 nitrogen and oxygen atoms in total. The van der Waals surface area contributed by atoms with Gasteiger partial charge in [-0.15, -0.1) is 11.3 Å². The normalized spacial score (nSPS) is 10.7. The van der Waals surface area contributed by atoms with Gasteiger partial charge in [-0.1, -0.05) is 43.0 Å². The summed E-state index contributed by atoms with van der Waals surface area (Å²) < 4.78 is 2.23. The molecular weight excluding hydrogens is 378 g/mol. The van der Waals surface area contributed by atoms with Crippen molar-refractivity contribution in [1.29, 1.82) is 0 Å². The van der Waals surface area contributed by atoms with Crippen LogP contribution in [0.5, 0.6) is 0 Å². The molecule has 27 heavy (non-hydrogen) atoms. The Morgan fingerprint density at radius 2 is 1.85 bits per heavy atom. The van der Waals surface area contributed by atoms with E-state index in [0.29, 0.717) is 12.1 Å². The molecule has 0 aliphatic rings. The topological polar surface area (TPSA) is 71.1 Å². The van der Waals surface area contributed by atoms with Crippen molar-refractivity contribution < 1.29 is 9.59 Å². The molecule has 3 rings (SSSR count). The summed E-state index contributed by atoms with van der Waals surface area (Å²) in [5.41, 5.74) is 2.70. The van der Waals surface area contributed by atoms with Crippen molar-refractivity contribution in [1.82, 2.24) is 15.6 Å². The lowest BCUT2D eigenvalue weighted by molar-refractivity contribution is -0.120. The van der Waals surface area contributed by atoms with Gasteiger partial charge in [-0.3, -0.25) is 9.59 Å². The molecule has 0 spiro atoms. The van der Waals surface area contributed by atoms with Gasteiger partial charge in [0.1, 0.15) is 0 Å². The van der Waals surface area contributed by atoms with E-state index in [1.165, 1.54) is 4.70 Å². The van der Waals surface area contributed by atoms with Crippen molar-refractivity contribution in [3.8, 4) is 0 Å². The van der Waals surface area contributed by atoms with Crippen LogP contribution in [0.2, 0.25) is 0 Å². The van der Waals surface area contributed by atoms with E-state index in [1.54, 1.807) is 35.2 Å². The number of rotatable bonds is 8. The van der Waals surface area contributed by atoms with Gasteiger partial charge in [0.2, 0.25) is 5.91 Å². The van der Waals surface area contributed by atoms with E-state index in [1.807, 2.05) is 37.3 Å². The van der Waals surface area contributed by atoms with Gasteiger partial charge in [0.25, 0.3) is 5.91 Å². The van der Waals surface area contributed by atoms with Crippen molar-refractivity contribution in [3.63, 3.8) is 0 Å². The fourth-order valence-corrected chi connectivity index (χ4v) is 4.42. The lowest BCUT2D eigenvalue weighted by Gasteiger charge is -2.07. The summed E-state index contributed by atoms with van der Waals surface area (Å²) >= 11 is 3.38. The Balaban J connectivity index is 1.50. The molecule has 0 aliphatic heterocycles. The van der Waals surface area contributed by atoms with E-state index in [9.17, 15) is 9.59 Å². The molecule has 2 aromatic carbocycles. The smallest absolute Gasteiger partial charge is 0.251 e. The summed E-state index contributed by atoms with van der Waals surface area (Å²) in [6.07, 6.45) is 0.871. The number of hydrogen-bond donors (Lipinski definition) is 2. The molecule has 2 N–H and O–H groups in total. The van der Waals surface area contributed by atoms with Crippen LogP contribution in [0.3, 0.4) is 0 Å². The van der Waals surface area contributed by atoms with E-state index in [2.05, 4.69) is 21.7 Å². The Hall–Kier alpha value is -2.38. The van der Waals surface area contributed by atoms with E-state index in [-0.39, 0.29) is 18.4 Å². The fraction of sp³-hybridized carbons (Fsp3) is 0.250. The predicted molar refractivity (Wildman–Crippen MR) is 111 cm³/mol. The predicted octanol–water partition coefficient (Wildman–Crippen LogP) is 3.84. The van der Waals surface area contributed by atoms with Crippen LogP contribution in [-0.2, 0) is 10.5 Å². The Labute approximate surface area is 166 Å². The molecule has 2 amide bonds. The number of aromatic nitrogens is 1. The van der Waals surface area contributed by atoms with Gasteiger partial charge in [-0.2, -0.15) is 0 Å². The minimum Gasteiger partial charge on any atom is -0.355 e. The van der Waals surface area contributed by atoms with E-state index in [4.69, 9.17) is 0 Å². The van der Waals surface area contributed by atoms with Gasteiger partial charge in [0.05, 0.1) is 16.8 Å². The molecule has 0 saturated carbocycles. The first-order chi connectivity index (χ1) is 13.2. The number of hydrogen-bond acceptors (Lipinski definition) is 5. The first-order valence-corrected chi connectivity index (χ1v) is 10.6. The van der Waals surface area contributed by atoms with Crippen molar-refractivity contribution in [2.24, 2.45) is 0 Å². The zero-order valence-electron chi connectivity index (χ0n) is 15.0. The number of para-hydroxylation sites is 1. The number of amides is 2. The Kier molecular flexibility index (Phi) is 6.84. The van der Waals surface area contributed by atoms with Gasteiger partial charge < -0.3 is 10.6 Å². The molecule has 0 atom stereocenters. The van der Waals surface area contributed by atoms with Crippen LogP contribution in [0.25, 0.3) is 10.2 Å². The first kappa shape index (κ1) is 19.4. The van der Waals surface area contributed by atoms with Crippen LogP contribution >= 0.6 is 23.1 Å². The number of nitrogens with zero attached hydrogens (tertiary/aromatic N) is 1. The van der Waals surface area contributed by atoms with Crippen LogP contribution in [-0.4, -0.2) is 29.9 Å². The zero-order valence-corrected chi connectivity index (χ0v) is 16.7. The maximum absolute atomic E-state index is 12.1. The third-order valence-electron chi connectivity index (χ3n) is 3.83. The number of carbonyl (C=O) groups excluding carboxylic acids is 2. The molecule has 0 fully saturated rings. The maximum Gasteiger partial charge on any atom is 0.251 e. The van der Waals surface area contributed by atoms with Crippen molar-refractivity contribution in [2.75, 3.05) is 13.1 Å². The average molecular weight is 400 g/mol. The summed E-state index contributed by atoms with van der Waals surface area (Å²) in [6, 6.07) is 15.6. The van der Waals surface area contributed by atoms with Crippen LogP contribution in [0.1, 0.15) is 29.3 Å². The second-order valence-corrected chi connectivity index (χ2v) is 8.22. The summed E-state index contributed by atoms with van der Waals surface area (Å²) in [4.78, 5) is 28.3. The standard InChI is InChI=1S/C20H21N3O2S2/c1-2-11-21-18(24)12-22-19(25)15-9-7-14(8-10-15)13-26-20-23-16-5-3-4-6-17(16)27-20/h3-10H,2,11-13H2,1H3,(H,21,24)(H,22,25). The van der Waals surface area contributed by atoms with Crippen LogP contribution in [0, 0.1) is 0 Å². The molecule has 0 bridgehead atoms. The number of carbonyl (C=O) groups is 2. The van der Waals surface area contributed by atoms with Crippen molar-refractivity contribution in [3.05, 3.63) is 59.7 Å². The second-order valence-electron chi connectivity index (χ2n) is 5.97. The highest BCUT2D eigenvalue weighted by Crippen LogP contribution is 2.31. The number of benzene rings is 2. The van der Waals surface area contributed by atoms with Crippen LogP contribution in [0.15, 0.2) is 52.9 Å². The molecule has 0 saturated heterocycles. The fourth-order valence-electron chi connectivity index (χ4n) is 2.40. The molecule has 1 heterocycles. The SMILES string of the molecule is CCCNC(=O)CNC(=O)c1ccc(CSc2nc3ccccc3s2)cc1. The Morgan fingerprint density at radius 3 is 2.59 bits per heavy atom. The minimum atomic E-state index is -0.243. The van der Waals surface area contributed by atoms with E-state index in [0.717, 1.165) is 27.6 Å². The third-order valence-corrected chi connectivity index (χ3v) is 6.08. The van der Waals surface area contributed by atoms with Gasteiger partial charge in [-0.25, -0.2) is 4.98 Å². The van der Waals surface area contributed by atoms with E-state index >= 15 is 0 Å². The molecule has 7 heteroatoms. The zero-order chi connectivity index (χ0) is 19.1. The first-order valence-electron chi connectivity index (χ1n) is 8.78. The molecule has 0 unspecified atom stereocenters.